The first kappa shape index (κ1) is 25.7. The Balaban J connectivity index is 2.05. The summed E-state index contributed by atoms with van der Waals surface area (Å²) in [5, 5.41) is 17.4. The van der Waals surface area contributed by atoms with Gasteiger partial charge in [-0.25, -0.2) is 19.2 Å². The number of esters is 2. The number of hydrogen-bond donors (Lipinski definition) is 2. The maximum Gasteiger partial charge on any atom is 0.332 e. The largest absolute Gasteiger partial charge is 0.478 e. The molecule has 9 heteroatoms. The van der Waals surface area contributed by atoms with E-state index >= 15 is 0 Å². The van der Waals surface area contributed by atoms with E-state index in [4.69, 9.17) is 19.7 Å². The average Bonchev–Trinajstić information content (AvgIpc) is 2.81. The number of carboxylic acid groups (broad SMARTS) is 2. The van der Waals surface area contributed by atoms with E-state index in [0.717, 1.165) is 23.8 Å². The zero-order valence-electron chi connectivity index (χ0n) is 17.6. The van der Waals surface area contributed by atoms with Crippen LogP contribution in [-0.4, -0.2) is 45.3 Å². The monoisotopic (exact) mass is 472 g/mol. The molecule has 1 aliphatic rings. The summed E-state index contributed by atoms with van der Waals surface area (Å²) in [5.74, 6) is -3.69. The molecule has 0 fully saturated rings. The molecule has 0 saturated heterocycles. The molecule has 0 radical (unpaired) electrons. The number of aliphatic carboxylic acids is 2. The predicted molar refractivity (Wildman–Crippen MR) is 122 cm³/mol. The Kier molecular flexibility index (Phi) is 10.7. The van der Waals surface area contributed by atoms with Gasteiger partial charge in [0.05, 0.1) is 0 Å². The van der Waals surface area contributed by atoms with Crippen LogP contribution in [0.1, 0.15) is 24.5 Å². The minimum Gasteiger partial charge on any atom is -0.478 e. The predicted octanol–water partition coefficient (Wildman–Crippen LogP) is 3.68. The number of thioether (sulfide) groups is 1. The molecular formula is C24H24O8S. The highest BCUT2D eigenvalue weighted by Gasteiger charge is 2.25. The summed E-state index contributed by atoms with van der Waals surface area (Å²) in [5.41, 5.74) is 0.171. The molecule has 0 bridgehead atoms. The molecule has 0 aromatic heterocycles. The Hall–Kier alpha value is -3.59. The van der Waals surface area contributed by atoms with Crippen molar-refractivity contribution in [1.82, 2.24) is 0 Å². The smallest absolute Gasteiger partial charge is 0.332 e. The summed E-state index contributed by atoms with van der Waals surface area (Å²) in [6.45, 7) is 0. The average molecular weight is 473 g/mol. The molecule has 0 saturated carbocycles. The summed E-state index contributed by atoms with van der Waals surface area (Å²) in [6.07, 6.45) is 11.2. The second-order valence-electron chi connectivity index (χ2n) is 6.86. The molecule has 0 aliphatic heterocycles. The quantitative estimate of drug-likeness (QED) is 0.266. The Morgan fingerprint density at radius 3 is 2.15 bits per heavy atom. The third-order valence-electron chi connectivity index (χ3n) is 4.41. The topological polar surface area (TPSA) is 127 Å². The molecule has 174 valence electrons. The van der Waals surface area contributed by atoms with Gasteiger partial charge < -0.3 is 19.7 Å². The third kappa shape index (κ3) is 10.0. The first-order chi connectivity index (χ1) is 15.8. The lowest BCUT2D eigenvalue weighted by Crippen LogP contribution is -2.23. The second kappa shape index (κ2) is 13.7. The molecule has 2 rings (SSSR count). The lowest BCUT2D eigenvalue weighted by atomic mass is 10.0. The standard InChI is InChI=1S/C24H24O8S/c25-20(26)11-13-22(29)31-19(17-7-3-1-4-8-17)15-16-33-24(18-9-5-2-6-10-18)32-23(30)14-12-21(27)28/h1-9,11-14,18-19,24H,10,15-16H2,(H,25,26)(H,27,28)/b13-11-,14-12-. The highest BCUT2D eigenvalue weighted by molar-refractivity contribution is 7.99. The normalized spacial score (nSPS) is 17.0. The van der Waals surface area contributed by atoms with Gasteiger partial charge in [-0.2, -0.15) is 0 Å². The van der Waals surface area contributed by atoms with Crippen LogP contribution in [-0.2, 0) is 28.7 Å². The molecular weight excluding hydrogens is 448 g/mol. The molecule has 3 atom stereocenters. The van der Waals surface area contributed by atoms with Crippen LogP contribution in [0, 0.1) is 5.92 Å². The maximum absolute atomic E-state index is 12.0. The first-order valence-electron chi connectivity index (χ1n) is 10.1. The van der Waals surface area contributed by atoms with Crippen molar-refractivity contribution in [3.05, 3.63) is 84.5 Å². The summed E-state index contributed by atoms with van der Waals surface area (Å²) in [4.78, 5) is 45.4. The summed E-state index contributed by atoms with van der Waals surface area (Å²) in [6, 6.07) is 9.02. The minimum atomic E-state index is -1.25. The van der Waals surface area contributed by atoms with Crippen molar-refractivity contribution in [3.8, 4) is 0 Å². The number of ether oxygens (including phenoxy) is 2. The van der Waals surface area contributed by atoms with Crippen molar-refractivity contribution in [1.29, 1.82) is 0 Å². The van der Waals surface area contributed by atoms with Crippen LogP contribution >= 0.6 is 11.8 Å². The molecule has 1 aliphatic carbocycles. The van der Waals surface area contributed by atoms with Gasteiger partial charge in [0, 0.05) is 36.0 Å². The van der Waals surface area contributed by atoms with E-state index in [-0.39, 0.29) is 5.92 Å². The van der Waals surface area contributed by atoms with Crippen LogP contribution < -0.4 is 0 Å². The Labute approximate surface area is 195 Å². The second-order valence-corrected chi connectivity index (χ2v) is 8.06. The van der Waals surface area contributed by atoms with Crippen LogP contribution in [0.2, 0.25) is 0 Å². The molecule has 0 amide bonds. The first-order valence-corrected chi connectivity index (χ1v) is 11.1. The van der Waals surface area contributed by atoms with E-state index in [9.17, 15) is 19.2 Å². The minimum absolute atomic E-state index is 0.0987. The van der Waals surface area contributed by atoms with E-state index in [2.05, 4.69) is 0 Å². The molecule has 2 N–H and O–H groups in total. The SMILES string of the molecule is O=C(O)/C=C\C(=O)OC(CCSC(OC(=O)/C=C\C(=O)O)C1C=CC=CC1)c1ccccc1. The van der Waals surface area contributed by atoms with Crippen LogP contribution in [0.25, 0.3) is 0 Å². The molecule has 0 heterocycles. The van der Waals surface area contributed by atoms with Crippen molar-refractivity contribution < 1.29 is 38.9 Å². The van der Waals surface area contributed by atoms with Gasteiger partial charge in [-0.3, -0.25) is 0 Å². The van der Waals surface area contributed by atoms with E-state index < -0.39 is 35.4 Å². The summed E-state index contributed by atoms with van der Waals surface area (Å²) in [7, 11) is 0. The summed E-state index contributed by atoms with van der Waals surface area (Å²) < 4.78 is 10.9. The van der Waals surface area contributed by atoms with Gasteiger partial charge in [0.2, 0.25) is 0 Å². The maximum atomic E-state index is 12.0. The van der Waals surface area contributed by atoms with Crippen LogP contribution in [0.4, 0.5) is 0 Å². The van der Waals surface area contributed by atoms with Gasteiger partial charge in [-0.05, 0) is 18.4 Å². The van der Waals surface area contributed by atoms with Crippen molar-refractivity contribution in [2.45, 2.75) is 24.4 Å². The van der Waals surface area contributed by atoms with E-state index in [1.54, 1.807) is 24.3 Å². The highest BCUT2D eigenvalue weighted by Crippen LogP contribution is 2.31. The van der Waals surface area contributed by atoms with Crippen molar-refractivity contribution >= 4 is 35.6 Å². The highest BCUT2D eigenvalue weighted by atomic mass is 32.2. The van der Waals surface area contributed by atoms with Gasteiger partial charge in [-0.15, -0.1) is 11.8 Å². The molecule has 1 aromatic carbocycles. The fraction of sp³-hybridized carbons (Fsp3) is 0.250. The molecule has 3 unspecified atom stereocenters. The van der Waals surface area contributed by atoms with Gasteiger partial charge in [0.25, 0.3) is 0 Å². The van der Waals surface area contributed by atoms with Gasteiger partial charge in [-0.1, -0.05) is 54.6 Å². The molecule has 33 heavy (non-hydrogen) atoms. The zero-order valence-corrected chi connectivity index (χ0v) is 18.4. The van der Waals surface area contributed by atoms with Crippen molar-refractivity contribution in [2.75, 3.05) is 5.75 Å². The summed E-state index contributed by atoms with van der Waals surface area (Å²) >= 11 is 1.35. The van der Waals surface area contributed by atoms with Gasteiger partial charge in [0.1, 0.15) is 6.10 Å². The van der Waals surface area contributed by atoms with Crippen molar-refractivity contribution in [2.24, 2.45) is 5.92 Å². The van der Waals surface area contributed by atoms with Crippen LogP contribution in [0.15, 0.2) is 78.9 Å². The van der Waals surface area contributed by atoms with Gasteiger partial charge in [0.15, 0.2) is 5.44 Å². The van der Waals surface area contributed by atoms with E-state index in [1.807, 2.05) is 30.4 Å². The van der Waals surface area contributed by atoms with Crippen molar-refractivity contribution in [3.63, 3.8) is 0 Å². The molecule has 8 nitrogen and oxygen atoms in total. The molecule has 0 spiro atoms. The Morgan fingerprint density at radius 1 is 0.939 bits per heavy atom. The number of allylic oxidation sites excluding steroid dienone is 3. The van der Waals surface area contributed by atoms with Crippen LogP contribution in [0.5, 0.6) is 0 Å². The lowest BCUT2D eigenvalue weighted by molar-refractivity contribution is -0.144. The van der Waals surface area contributed by atoms with E-state index in [1.165, 1.54) is 11.8 Å². The Morgan fingerprint density at radius 2 is 1.58 bits per heavy atom. The van der Waals surface area contributed by atoms with Gasteiger partial charge >= 0.3 is 23.9 Å². The number of hydrogen-bond acceptors (Lipinski definition) is 7. The lowest BCUT2D eigenvalue weighted by Gasteiger charge is -2.25. The van der Waals surface area contributed by atoms with E-state index in [0.29, 0.717) is 24.7 Å². The number of benzene rings is 1. The fourth-order valence-corrected chi connectivity index (χ4v) is 4.11. The fourth-order valence-electron chi connectivity index (χ4n) is 2.91. The Bertz CT molecular complexity index is 948. The number of carboxylic acids is 2. The number of carbonyl (C=O) groups is 4. The van der Waals surface area contributed by atoms with Crippen LogP contribution in [0.3, 0.4) is 0 Å². The molecule has 1 aromatic rings. The zero-order chi connectivity index (χ0) is 24.1. The third-order valence-corrected chi connectivity index (χ3v) is 5.66. The number of rotatable bonds is 12. The number of carbonyl (C=O) groups excluding carboxylic acids is 2.